The van der Waals surface area contributed by atoms with Gasteiger partial charge in [-0.2, -0.15) is 0 Å². The second kappa shape index (κ2) is 6.06. The van der Waals surface area contributed by atoms with Gasteiger partial charge >= 0.3 is 0 Å². The van der Waals surface area contributed by atoms with E-state index in [4.69, 9.17) is 4.74 Å². The number of carbonyl (C=O) groups is 1. The van der Waals surface area contributed by atoms with Crippen molar-refractivity contribution in [3.63, 3.8) is 0 Å². The highest BCUT2D eigenvalue weighted by molar-refractivity contribution is 5.95. The lowest BCUT2D eigenvalue weighted by atomic mass is 9.83. The van der Waals surface area contributed by atoms with E-state index in [9.17, 15) is 4.79 Å². The van der Waals surface area contributed by atoms with Gasteiger partial charge in [-0.3, -0.25) is 4.79 Å². The van der Waals surface area contributed by atoms with E-state index in [0.717, 1.165) is 37.4 Å². The molecule has 0 spiro atoms. The largest absolute Gasteiger partial charge is 0.494 e. The van der Waals surface area contributed by atoms with Crippen molar-refractivity contribution in [3.8, 4) is 5.75 Å². The molecule has 1 aliphatic heterocycles. The maximum Gasteiger partial charge on any atom is 0.231 e. The molecule has 4 heteroatoms. The maximum atomic E-state index is 12.4. The third-order valence-electron chi connectivity index (χ3n) is 3.81. The SMILES string of the molecule is CCOc1cccc(NC(=O)C2(CC)CCNC2)c1. The van der Waals surface area contributed by atoms with E-state index in [1.165, 1.54) is 0 Å². The van der Waals surface area contributed by atoms with Crippen LogP contribution >= 0.6 is 0 Å². The molecule has 1 fully saturated rings. The molecule has 0 aliphatic carbocycles. The molecule has 2 rings (SSSR count). The lowest BCUT2D eigenvalue weighted by Crippen LogP contribution is -2.37. The van der Waals surface area contributed by atoms with Gasteiger partial charge < -0.3 is 15.4 Å². The second-order valence-electron chi connectivity index (χ2n) is 4.98. The van der Waals surface area contributed by atoms with E-state index in [2.05, 4.69) is 17.6 Å². The Morgan fingerprint density at radius 1 is 1.47 bits per heavy atom. The number of carbonyl (C=O) groups excluding carboxylic acids is 1. The lowest BCUT2D eigenvalue weighted by Gasteiger charge is -2.25. The highest BCUT2D eigenvalue weighted by Crippen LogP contribution is 2.31. The Morgan fingerprint density at radius 2 is 2.32 bits per heavy atom. The maximum absolute atomic E-state index is 12.4. The summed E-state index contributed by atoms with van der Waals surface area (Å²) in [4.78, 5) is 12.4. The van der Waals surface area contributed by atoms with E-state index in [-0.39, 0.29) is 11.3 Å². The first-order chi connectivity index (χ1) is 9.20. The molecule has 1 heterocycles. The Balaban J connectivity index is 2.07. The van der Waals surface area contributed by atoms with Crippen molar-refractivity contribution in [3.05, 3.63) is 24.3 Å². The summed E-state index contributed by atoms with van der Waals surface area (Å²) in [5.74, 6) is 0.893. The highest BCUT2D eigenvalue weighted by Gasteiger charge is 2.39. The zero-order valence-corrected chi connectivity index (χ0v) is 11.7. The molecule has 4 nitrogen and oxygen atoms in total. The molecule has 1 atom stereocenters. The van der Waals surface area contributed by atoms with Gasteiger partial charge in [-0.25, -0.2) is 0 Å². The van der Waals surface area contributed by atoms with Gasteiger partial charge in [0.1, 0.15) is 5.75 Å². The van der Waals surface area contributed by atoms with Crippen LogP contribution in [0.15, 0.2) is 24.3 Å². The van der Waals surface area contributed by atoms with Crippen LogP contribution in [0.1, 0.15) is 26.7 Å². The van der Waals surface area contributed by atoms with Crippen LogP contribution in [-0.4, -0.2) is 25.6 Å². The van der Waals surface area contributed by atoms with Crippen molar-refractivity contribution in [2.75, 3.05) is 25.0 Å². The Labute approximate surface area is 114 Å². The number of hydrogen-bond acceptors (Lipinski definition) is 3. The van der Waals surface area contributed by atoms with Crippen LogP contribution in [0.2, 0.25) is 0 Å². The van der Waals surface area contributed by atoms with Crippen molar-refractivity contribution < 1.29 is 9.53 Å². The van der Waals surface area contributed by atoms with Gasteiger partial charge in [-0.1, -0.05) is 13.0 Å². The van der Waals surface area contributed by atoms with E-state index in [0.29, 0.717) is 6.61 Å². The molecular weight excluding hydrogens is 240 g/mol. The molecular formula is C15H22N2O2. The highest BCUT2D eigenvalue weighted by atomic mass is 16.5. The van der Waals surface area contributed by atoms with Crippen LogP contribution in [-0.2, 0) is 4.79 Å². The Bertz CT molecular complexity index is 440. The topological polar surface area (TPSA) is 50.4 Å². The fourth-order valence-electron chi connectivity index (χ4n) is 2.49. The number of amides is 1. The van der Waals surface area contributed by atoms with Crippen LogP contribution in [0, 0.1) is 5.41 Å². The van der Waals surface area contributed by atoms with Gasteiger partial charge in [0.15, 0.2) is 0 Å². The zero-order chi connectivity index (χ0) is 13.7. The minimum Gasteiger partial charge on any atom is -0.494 e. The molecule has 0 saturated carbocycles. The first kappa shape index (κ1) is 13.9. The van der Waals surface area contributed by atoms with E-state index < -0.39 is 0 Å². The quantitative estimate of drug-likeness (QED) is 0.856. The van der Waals surface area contributed by atoms with Gasteiger partial charge in [0.05, 0.1) is 12.0 Å². The molecule has 1 unspecified atom stereocenters. The van der Waals surface area contributed by atoms with Crippen molar-refractivity contribution in [2.24, 2.45) is 5.41 Å². The number of rotatable bonds is 5. The number of ether oxygens (including phenoxy) is 1. The summed E-state index contributed by atoms with van der Waals surface area (Å²) in [5.41, 5.74) is 0.539. The smallest absolute Gasteiger partial charge is 0.231 e. The number of nitrogens with one attached hydrogen (secondary N) is 2. The predicted molar refractivity (Wildman–Crippen MR) is 76.5 cm³/mol. The Hall–Kier alpha value is -1.55. The third kappa shape index (κ3) is 3.07. The molecule has 0 bridgehead atoms. The molecule has 1 amide bonds. The lowest BCUT2D eigenvalue weighted by molar-refractivity contribution is -0.124. The molecule has 1 saturated heterocycles. The standard InChI is InChI=1S/C15H22N2O2/c1-3-15(8-9-16-11-15)14(18)17-12-6-5-7-13(10-12)19-4-2/h5-7,10,16H,3-4,8-9,11H2,1-2H3,(H,17,18). The normalized spacial score (nSPS) is 22.2. The van der Waals surface area contributed by atoms with Crippen molar-refractivity contribution in [1.82, 2.24) is 5.32 Å². The number of anilines is 1. The summed E-state index contributed by atoms with van der Waals surface area (Å²) in [6.45, 7) is 6.33. The van der Waals surface area contributed by atoms with Crippen LogP contribution in [0.25, 0.3) is 0 Å². The van der Waals surface area contributed by atoms with Gasteiger partial charge in [-0.05, 0) is 38.4 Å². The van der Waals surface area contributed by atoms with E-state index in [1.54, 1.807) is 0 Å². The van der Waals surface area contributed by atoms with Gasteiger partial charge in [0, 0.05) is 18.3 Å². The monoisotopic (exact) mass is 262 g/mol. The summed E-state index contributed by atoms with van der Waals surface area (Å²) in [5, 5.41) is 6.29. The third-order valence-corrected chi connectivity index (χ3v) is 3.81. The summed E-state index contributed by atoms with van der Waals surface area (Å²) in [6.07, 6.45) is 1.76. The zero-order valence-electron chi connectivity index (χ0n) is 11.7. The predicted octanol–water partition coefficient (Wildman–Crippen LogP) is 2.41. The summed E-state index contributed by atoms with van der Waals surface area (Å²) in [7, 11) is 0. The van der Waals surface area contributed by atoms with Crippen LogP contribution in [0.4, 0.5) is 5.69 Å². The number of benzene rings is 1. The average Bonchev–Trinajstić information content (AvgIpc) is 2.89. The van der Waals surface area contributed by atoms with E-state index in [1.807, 2.05) is 31.2 Å². The van der Waals surface area contributed by atoms with Crippen molar-refractivity contribution in [2.45, 2.75) is 26.7 Å². The van der Waals surface area contributed by atoms with Crippen LogP contribution in [0.5, 0.6) is 5.75 Å². The fraction of sp³-hybridized carbons (Fsp3) is 0.533. The molecule has 104 valence electrons. The summed E-state index contributed by atoms with van der Waals surface area (Å²) < 4.78 is 5.44. The second-order valence-corrected chi connectivity index (χ2v) is 4.98. The van der Waals surface area contributed by atoms with Crippen molar-refractivity contribution >= 4 is 11.6 Å². The first-order valence-electron chi connectivity index (χ1n) is 6.95. The van der Waals surface area contributed by atoms with Gasteiger partial charge in [0.2, 0.25) is 5.91 Å². The fourth-order valence-corrected chi connectivity index (χ4v) is 2.49. The van der Waals surface area contributed by atoms with E-state index >= 15 is 0 Å². The van der Waals surface area contributed by atoms with Gasteiger partial charge in [0.25, 0.3) is 0 Å². The van der Waals surface area contributed by atoms with Crippen LogP contribution < -0.4 is 15.4 Å². The molecule has 1 aromatic rings. The molecule has 2 N–H and O–H groups in total. The molecule has 1 aromatic carbocycles. The Kier molecular flexibility index (Phi) is 4.43. The summed E-state index contributed by atoms with van der Waals surface area (Å²) in [6, 6.07) is 7.55. The molecule has 1 aliphatic rings. The molecule has 0 radical (unpaired) electrons. The summed E-state index contributed by atoms with van der Waals surface area (Å²) >= 11 is 0. The average molecular weight is 262 g/mol. The van der Waals surface area contributed by atoms with Crippen molar-refractivity contribution in [1.29, 1.82) is 0 Å². The van der Waals surface area contributed by atoms with Crippen LogP contribution in [0.3, 0.4) is 0 Å². The minimum atomic E-state index is -0.262. The Morgan fingerprint density at radius 3 is 2.95 bits per heavy atom. The minimum absolute atomic E-state index is 0.105. The molecule has 0 aromatic heterocycles. The number of hydrogen-bond donors (Lipinski definition) is 2. The molecule has 19 heavy (non-hydrogen) atoms. The first-order valence-corrected chi connectivity index (χ1v) is 6.95. The van der Waals surface area contributed by atoms with Gasteiger partial charge in [-0.15, -0.1) is 0 Å².